The summed E-state index contributed by atoms with van der Waals surface area (Å²) >= 11 is 0. The van der Waals surface area contributed by atoms with Gasteiger partial charge in [0.15, 0.2) is 0 Å². The number of nitrogens with one attached hydrogen (secondary N) is 1. The lowest BCUT2D eigenvalue weighted by Gasteiger charge is -2.32. The van der Waals surface area contributed by atoms with E-state index in [4.69, 9.17) is 15.0 Å². The average molecular weight is 331 g/mol. The maximum atomic E-state index is 11.3. The molecule has 0 radical (unpaired) electrons. The van der Waals surface area contributed by atoms with Gasteiger partial charge in [0.25, 0.3) is 0 Å². The molecule has 1 aromatic rings. The molecule has 1 amide bonds. The van der Waals surface area contributed by atoms with E-state index >= 15 is 0 Å². The van der Waals surface area contributed by atoms with E-state index in [0.29, 0.717) is 12.2 Å². The van der Waals surface area contributed by atoms with E-state index in [9.17, 15) is 4.79 Å². The van der Waals surface area contributed by atoms with Gasteiger partial charge in [0.2, 0.25) is 5.91 Å². The van der Waals surface area contributed by atoms with Crippen molar-refractivity contribution < 1.29 is 14.1 Å². The summed E-state index contributed by atoms with van der Waals surface area (Å²) < 4.78 is 12.2. The molecule has 0 atom stereocenters. The van der Waals surface area contributed by atoms with Crippen molar-refractivity contribution in [1.82, 2.24) is 10.3 Å². The first-order chi connectivity index (χ1) is 11.0. The van der Waals surface area contributed by atoms with Gasteiger partial charge in [-0.25, -0.2) is 0 Å². The summed E-state index contributed by atoms with van der Waals surface area (Å²) in [7, 11) is -0.541. The Morgan fingerprint density at radius 2 is 1.92 bits per heavy atom. The monoisotopic (exact) mass is 331 g/mol. The molecule has 1 saturated heterocycles. The van der Waals surface area contributed by atoms with Gasteiger partial charge in [-0.2, -0.15) is 0 Å². The van der Waals surface area contributed by atoms with Crippen LogP contribution in [0.2, 0.25) is 0 Å². The predicted octanol–water partition coefficient (Wildman–Crippen LogP) is 2.12. The number of nitrogen functional groups attached to an aromatic ring is 1. The van der Waals surface area contributed by atoms with Gasteiger partial charge >= 0.3 is 7.12 Å². The standard InChI is InChI=1S/C17H26BN3O3/c1-11-7-14(19)10-21-15(11)8-13(9-20-12(2)22)18-23-16(3,4)17(5,6)24-18/h7-8,10H,9,19H2,1-6H3,(H,20,22). The van der Waals surface area contributed by atoms with Crippen molar-refractivity contribution in [3.05, 3.63) is 29.0 Å². The van der Waals surface area contributed by atoms with Gasteiger partial charge < -0.3 is 20.4 Å². The number of rotatable bonds is 4. The van der Waals surface area contributed by atoms with Crippen molar-refractivity contribution in [1.29, 1.82) is 0 Å². The lowest BCUT2D eigenvalue weighted by molar-refractivity contribution is -0.118. The Bertz CT molecular complexity index is 655. The molecule has 7 heteroatoms. The summed E-state index contributed by atoms with van der Waals surface area (Å²) in [6, 6.07) is 1.86. The third-order valence-corrected chi connectivity index (χ3v) is 4.56. The predicted molar refractivity (Wildman–Crippen MR) is 96.1 cm³/mol. The minimum absolute atomic E-state index is 0.112. The highest BCUT2D eigenvalue weighted by molar-refractivity contribution is 6.56. The fraction of sp³-hybridized carbons (Fsp3) is 0.529. The van der Waals surface area contributed by atoms with Crippen LogP contribution in [-0.4, -0.2) is 35.8 Å². The molecule has 24 heavy (non-hydrogen) atoms. The number of hydrogen-bond donors (Lipinski definition) is 2. The first-order valence-corrected chi connectivity index (χ1v) is 8.04. The second kappa shape index (κ2) is 6.57. The normalized spacial score (nSPS) is 19.4. The van der Waals surface area contributed by atoms with Crippen molar-refractivity contribution in [3.63, 3.8) is 0 Å². The van der Waals surface area contributed by atoms with Gasteiger partial charge in [-0.05, 0) is 57.8 Å². The van der Waals surface area contributed by atoms with E-state index in [1.165, 1.54) is 6.92 Å². The quantitative estimate of drug-likeness (QED) is 0.826. The summed E-state index contributed by atoms with van der Waals surface area (Å²) in [5.41, 5.74) is 8.02. The molecule has 0 unspecified atom stereocenters. The maximum absolute atomic E-state index is 11.3. The molecule has 2 heterocycles. The number of amides is 1. The lowest BCUT2D eigenvalue weighted by atomic mass is 9.77. The van der Waals surface area contributed by atoms with Crippen LogP contribution in [0.1, 0.15) is 45.9 Å². The van der Waals surface area contributed by atoms with Crippen LogP contribution in [0.25, 0.3) is 6.08 Å². The van der Waals surface area contributed by atoms with E-state index in [1.54, 1.807) is 6.20 Å². The third-order valence-electron chi connectivity index (χ3n) is 4.56. The molecule has 3 N–H and O–H groups in total. The summed E-state index contributed by atoms with van der Waals surface area (Å²) in [4.78, 5) is 15.7. The minimum atomic E-state index is -0.541. The zero-order valence-corrected chi connectivity index (χ0v) is 15.3. The third kappa shape index (κ3) is 3.97. The van der Waals surface area contributed by atoms with E-state index in [-0.39, 0.29) is 5.91 Å². The van der Waals surface area contributed by atoms with E-state index in [0.717, 1.165) is 16.7 Å². The van der Waals surface area contributed by atoms with E-state index < -0.39 is 18.3 Å². The number of carbonyl (C=O) groups is 1. The molecule has 0 bridgehead atoms. The minimum Gasteiger partial charge on any atom is -0.400 e. The van der Waals surface area contributed by atoms with Crippen molar-refractivity contribution in [2.45, 2.75) is 52.7 Å². The molecule has 0 aliphatic carbocycles. The van der Waals surface area contributed by atoms with E-state index in [1.807, 2.05) is 46.8 Å². The average Bonchev–Trinajstić information content (AvgIpc) is 2.65. The highest BCUT2D eigenvalue weighted by Crippen LogP contribution is 2.38. The number of pyridine rings is 1. The van der Waals surface area contributed by atoms with Gasteiger partial charge in [0, 0.05) is 13.5 Å². The molecule has 1 aliphatic heterocycles. The second-order valence-corrected chi connectivity index (χ2v) is 7.19. The van der Waals surface area contributed by atoms with Crippen LogP contribution in [0, 0.1) is 6.92 Å². The van der Waals surface area contributed by atoms with Gasteiger partial charge in [-0.3, -0.25) is 9.78 Å². The number of hydrogen-bond acceptors (Lipinski definition) is 5. The maximum Gasteiger partial charge on any atom is 0.492 e. The fourth-order valence-electron chi connectivity index (χ4n) is 2.36. The molecule has 6 nitrogen and oxygen atoms in total. The van der Waals surface area contributed by atoms with Gasteiger partial charge in [-0.1, -0.05) is 0 Å². The number of aromatic nitrogens is 1. The molecular weight excluding hydrogens is 305 g/mol. The van der Waals surface area contributed by atoms with Crippen LogP contribution < -0.4 is 11.1 Å². The Labute approximate surface area is 144 Å². The molecular formula is C17H26BN3O3. The summed E-state index contributed by atoms with van der Waals surface area (Å²) in [6.07, 6.45) is 3.51. The van der Waals surface area contributed by atoms with Crippen molar-refractivity contribution in [2.24, 2.45) is 0 Å². The first-order valence-electron chi connectivity index (χ1n) is 8.04. The zero-order chi connectivity index (χ0) is 18.1. The zero-order valence-electron chi connectivity index (χ0n) is 15.3. The molecule has 0 aromatic carbocycles. The Kier molecular flexibility index (Phi) is 5.06. The highest BCUT2D eigenvalue weighted by atomic mass is 16.7. The van der Waals surface area contributed by atoms with Crippen LogP contribution in [0.4, 0.5) is 5.69 Å². The molecule has 0 spiro atoms. The molecule has 1 aromatic heterocycles. The Morgan fingerprint density at radius 3 is 2.42 bits per heavy atom. The summed E-state index contributed by atoms with van der Waals surface area (Å²) in [5.74, 6) is -0.112. The number of nitrogens with zero attached hydrogens (tertiary/aromatic N) is 1. The Hall–Kier alpha value is -1.86. The molecule has 0 saturated carbocycles. The molecule has 2 rings (SSSR count). The van der Waals surface area contributed by atoms with Crippen LogP contribution in [-0.2, 0) is 14.1 Å². The largest absolute Gasteiger partial charge is 0.492 e. The van der Waals surface area contributed by atoms with Crippen LogP contribution in [0.3, 0.4) is 0 Å². The van der Waals surface area contributed by atoms with Gasteiger partial charge in [0.05, 0.1) is 28.8 Å². The van der Waals surface area contributed by atoms with Crippen LogP contribution >= 0.6 is 0 Å². The van der Waals surface area contributed by atoms with Crippen molar-refractivity contribution >= 4 is 24.8 Å². The highest BCUT2D eigenvalue weighted by Gasteiger charge is 2.52. The van der Waals surface area contributed by atoms with Crippen molar-refractivity contribution in [3.8, 4) is 0 Å². The number of nitrogens with two attached hydrogens (primary N) is 1. The number of carbonyl (C=O) groups excluding carboxylic acids is 1. The fourth-order valence-corrected chi connectivity index (χ4v) is 2.36. The number of anilines is 1. The molecule has 1 aliphatic rings. The first kappa shape index (κ1) is 18.5. The Balaban J connectivity index is 2.35. The summed E-state index contributed by atoms with van der Waals surface area (Å²) in [5, 5.41) is 2.81. The van der Waals surface area contributed by atoms with Gasteiger partial charge in [0.1, 0.15) is 0 Å². The second-order valence-electron chi connectivity index (χ2n) is 7.19. The topological polar surface area (TPSA) is 86.5 Å². The van der Waals surface area contributed by atoms with Gasteiger partial charge in [-0.15, -0.1) is 0 Å². The summed E-state index contributed by atoms with van der Waals surface area (Å²) in [6.45, 7) is 11.7. The Morgan fingerprint density at radius 1 is 1.33 bits per heavy atom. The number of aryl methyl sites for hydroxylation is 1. The molecule has 130 valence electrons. The smallest absolute Gasteiger partial charge is 0.400 e. The van der Waals surface area contributed by atoms with Crippen molar-refractivity contribution in [2.75, 3.05) is 12.3 Å². The SMILES string of the molecule is CC(=O)NCC(=Cc1ncc(N)cc1C)B1OC(C)(C)C(C)(C)O1. The van der Waals surface area contributed by atoms with Crippen LogP contribution in [0.15, 0.2) is 17.7 Å². The molecule has 1 fully saturated rings. The lowest BCUT2D eigenvalue weighted by Crippen LogP contribution is -2.41. The van der Waals surface area contributed by atoms with Crippen LogP contribution in [0.5, 0.6) is 0 Å². The van der Waals surface area contributed by atoms with E-state index in [2.05, 4.69) is 10.3 Å².